The van der Waals surface area contributed by atoms with Gasteiger partial charge in [0.2, 0.25) is 5.91 Å². The fraction of sp³-hybridized carbons (Fsp3) is 0.188. The van der Waals surface area contributed by atoms with Crippen molar-refractivity contribution in [3.63, 3.8) is 0 Å². The molecule has 2 aromatic heterocycles. The molecule has 1 amide bonds. The van der Waals surface area contributed by atoms with Crippen LogP contribution in [-0.2, 0) is 11.3 Å². The lowest BCUT2D eigenvalue weighted by Crippen LogP contribution is -2.15. The van der Waals surface area contributed by atoms with Gasteiger partial charge in [-0.05, 0) is 18.2 Å². The number of hydrogen-bond acceptors (Lipinski definition) is 6. The number of nitrogens with zero attached hydrogens (tertiary/aromatic N) is 4. The predicted molar refractivity (Wildman–Crippen MR) is 98.1 cm³/mol. The summed E-state index contributed by atoms with van der Waals surface area (Å²) in [5.41, 5.74) is 1.03. The summed E-state index contributed by atoms with van der Waals surface area (Å²) in [5.74, 6) is -0.338. The van der Waals surface area contributed by atoms with Gasteiger partial charge in [0.25, 0.3) is 0 Å². The second-order valence-corrected chi connectivity index (χ2v) is 6.19. The predicted octanol–water partition coefficient (Wildman–Crippen LogP) is 3.14. The Hall–Kier alpha value is -3.01. The summed E-state index contributed by atoms with van der Waals surface area (Å²) in [6, 6.07) is 7.31. The lowest BCUT2D eigenvalue weighted by molar-refractivity contribution is -0.385. The fourth-order valence-electron chi connectivity index (χ4n) is 2.45. The minimum atomic E-state index is -0.581. The van der Waals surface area contributed by atoms with Gasteiger partial charge in [0.1, 0.15) is 6.20 Å². The largest absolute Gasteiger partial charge is 0.475 e. The van der Waals surface area contributed by atoms with Crippen molar-refractivity contribution in [2.45, 2.75) is 13.0 Å². The number of ether oxygens (including phenoxy) is 1. The van der Waals surface area contributed by atoms with E-state index in [1.165, 1.54) is 18.0 Å². The van der Waals surface area contributed by atoms with Crippen LogP contribution in [0.25, 0.3) is 10.9 Å². The molecule has 0 bridgehead atoms. The summed E-state index contributed by atoms with van der Waals surface area (Å²) in [6.45, 7) is 0.178. The van der Waals surface area contributed by atoms with E-state index in [-0.39, 0.29) is 30.4 Å². The first-order valence-corrected chi connectivity index (χ1v) is 8.38. The zero-order chi connectivity index (χ0) is 18.7. The maximum atomic E-state index is 12.3. The molecule has 3 aromatic rings. The van der Waals surface area contributed by atoms with Crippen LogP contribution in [0.1, 0.15) is 6.42 Å². The summed E-state index contributed by atoms with van der Waals surface area (Å²) in [4.78, 5) is 26.9. The number of halogens is 1. The number of hydrogen-bond donors (Lipinski definition) is 1. The lowest BCUT2D eigenvalue weighted by atomic mass is 10.2. The average molecular weight is 420 g/mol. The number of carbonyl (C=O) groups is 1. The number of nitrogens with one attached hydrogen (secondary N) is 1. The Kier molecular flexibility index (Phi) is 5.12. The number of aryl methyl sites for hydroxylation is 1. The molecule has 0 saturated heterocycles. The van der Waals surface area contributed by atoms with E-state index in [0.29, 0.717) is 11.2 Å². The SMILES string of the molecule is COc1nn(CCC(=O)Nc2ccc(Br)c3cccnc23)cc1[N+](=O)[O-]. The Morgan fingerprint density at radius 3 is 2.92 bits per heavy atom. The van der Waals surface area contributed by atoms with Crippen LogP contribution >= 0.6 is 15.9 Å². The van der Waals surface area contributed by atoms with Crippen molar-refractivity contribution in [2.24, 2.45) is 0 Å². The van der Waals surface area contributed by atoms with E-state index in [1.54, 1.807) is 12.3 Å². The topological polar surface area (TPSA) is 112 Å². The highest BCUT2D eigenvalue weighted by Gasteiger charge is 2.20. The van der Waals surface area contributed by atoms with Crippen molar-refractivity contribution in [3.05, 3.63) is 51.2 Å². The molecular weight excluding hydrogens is 406 g/mol. The summed E-state index contributed by atoms with van der Waals surface area (Å²) < 4.78 is 7.06. The molecule has 134 valence electrons. The van der Waals surface area contributed by atoms with E-state index < -0.39 is 4.92 Å². The first-order chi connectivity index (χ1) is 12.5. The molecule has 2 heterocycles. The van der Waals surface area contributed by atoms with Gasteiger partial charge in [0, 0.05) is 22.5 Å². The zero-order valence-electron chi connectivity index (χ0n) is 13.7. The summed E-state index contributed by atoms with van der Waals surface area (Å²) in [5, 5.41) is 18.6. The smallest absolute Gasteiger partial charge is 0.350 e. The molecule has 1 N–H and O–H groups in total. The minimum absolute atomic E-state index is 0.0847. The van der Waals surface area contributed by atoms with Gasteiger partial charge in [-0.25, -0.2) is 0 Å². The van der Waals surface area contributed by atoms with Gasteiger partial charge in [-0.3, -0.25) is 24.6 Å². The Labute approximate surface area is 156 Å². The van der Waals surface area contributed by atoms with Crippen LogP contribution in [0.3, 0.4) is 0 Å². The van der Waals surface area contributed by atoms with Gasteiger partial charge in [-0.15, -0.1) is 5.10 Å². The van der Waals surface area contributed by atoms with E-state index in [1.807, 2.05) is 18.2 Å². The maximum Gasteiger partial charge on any atom is 0.350 e. The molecule has 3 rings (SSSR count). The van der Waals surface area contributed by atoms with Gasteiger partial charge in [0.05, 0.1) is 29.8 Å². The van der Waals surface area contributed by atoms with Gasteiger partial charge in [-0.1, -0.05) is 22.0 Å². The third kappa shape index (κ3) is 3.64. The van der Waals surface area contributed by atoms with Crippen LogP contribution in [0.4, 0.5) is 11.4 Å². The third-order valence-electron chi connectivity index (χ3n) is 3.66. The third-order valence-corrected chi connectivity index (χ3v) is 4.35. The van der Waals surface area contributed by atoms with E-state index in [9.17, 15) is 14.9 Å². The van der Waals surface area contributed by atoms with Crippen molar-refractivity contribution >= 4 is 44.1 Å². The van der Waals surface area contributed by atoms with Gasteiger partial charge in [0.15, 0.2) is 0 Å². The molecule has 0 aliphatic carbocycles. The van der Waals surface area contributed by atoms with E-state index in [0.717, 1.165) is 9.86 Å². The van der Waals surface area contributed by atoms with Crippen LogP contribution < -0.4 is 10.1 Å². The number of pyridine rings is 1. The normalized spacial score (nSPS) is 10.7. The average Bonchev–Trinajstić information content (AvgIpc) is 3.06. The quantitative estimate of drug-likeness (QED) is 0.484. The molecule has 10 heteroatoms. The van der Waals surface area contributed by atoms with Crippen LogP contribution in [0.2, 0.25) is 0 Å². The highest BCUT2D eigenvalue weighted by Crippen LogP contribution is 2.28. The Morgan fingerprint density at radius 1 is 1.42 bits per heavy atom. The van der Waals surface area contributed by atoms with Crippen molar-refractivity contribution in [1.82, 2.24) is 14.8 Å². The van der Waals surface area contributed by atoms with Gasteiger partial charge in [-0.2, -0.15) is 0 Å². The number of aromatic nitrogens is 3. The number of methoxy groups -OCH3 is 1. The number of nitro groups is 1. The Balaban J connectivity index is 1.71. The standard InChI is InChI=1S/C16H14BrN5O4/c1-26-16-13(22(24)25)9-21(20-16)8-6-14(23)19-12-5-4-11(17)10-3-2-7-18-15(10)12/h2-5,7,9H,6,8H2,1H3,(H,19,23). The minimum Gasteiger partial charge on any atom is -0.475 e. The number of benzene rings is 1. The van der Waals surface area contributed by atoms with E-state index in [2.05, 4.69) is 31.3 Å². The van der Waals surface area contributed by atoms with Crippen LogP contribution in [0.15, 0.2) is 41.1 Å². The number of amides is 1. The molecule has 0 radical (unpaired) electrons. The second-order valence-electron chi connectivity index (χ2n) is 5.34. The molecule has 0 unspecified atom stereocenters. The number of anilines is 1. The highest BCUT2D eigenvalue weighted by atomic mass is 79.9. The van der Waals surface area contributed by atoms with Crippen LogP contribution in [0.5, 0.6) is 5.88 Å². The first-order valence-electron chi connectivity index (χ1n) is 7.58. The van der Waals surface area contributed by atoms with Crippen molar-refractivity contribution in [2.75, 3.05) is 12.4 Å². The Bertz CT molecular complexity index is 988. The van der Waals surface area contributed by atoms with Crippen LogP contribution in [-0.4, -0.2) is 32.7 Å². The molecule has 0 saturated carbocycles. The van der Waals surface area contributed by atoms with Gasteiger partial charge < -0.3 is 10.1 Å². The van der Waals surface area contributed by atoms with Crippen molar-refractivity contribution in [1.29, 1.82) is 0 Å². The molecular formula is C16H14BrN5O4. The Morgan fingerprint density at radius 2 is 2.23 bits per heavy atom. The van der Waals surface area contributed by atoms with Crippen molar-refractivity contribution < 1.29 is 14.5 Å². The number of carbonyl (C=O) groups excluding carboxylic acids is 1. The summed E-state index contributed by atoms with van der Waals surface area (Å²) in [7, 11) is 1.30. The number of rotatable bonds is 6. The summed E-state index contributed by atoms with van der Waals surface area (Å²) in [6.07, 6.45) is 2.98. The molecule has 0 spiro atoms. The van der Waals surface area contributed by atoms with Crippen molar-refractivity contribution in [3.8, 4) is 5.88 Å². The van der Waals surface area contributed by atoms with E-state index >= 15 is 0 Å². The van der Waals surface area contributed by atoms with E-state index in [4.69, 9.17) is 4.74 Å². The molecule has 0 atom stereocenters. The summed E-state index contributed by atoms with van der Waals surface area (Å²) >= 11 is 3.45. The molecule has 9 nitrogen and oxygen atoms in total. The zero-order valence-corrected chi connectivity index (χ0v) is 15.3. The fourth-order valence-corrected chi connectivity index (χ4v) is 2.90. The molecule has 0 aliphatic rings. The maximum absolute atomic E-state index is 12.3. The highest BCUT2D eigenvalue weighted by molar-refractivity contribution is 9.10. The molecule has 0 aliphatic heterocycles. The van der Waals surface area contributed by atoms with Crippen LogP contribution in [0, 0.1) is 10.1 Å². The lowest BCUT2D eigenvalue weighted by Gasteiger charge is -2.09. The molecule has 26 heavy (non-hydrogen) atoms. The molecule has 0 fully saturated rings. The molecule has 1 aromatic carbocycles. The second kappa shape index (κ2) is 7.48. The first kappa shape index (κ1) is 17.8. The van der Waals surface area contributed by atoms with Gasteiger partial charge >= 0.3 is 11.6 Å². The monoisotopic (exact) mass is 419 g/mol. The number of fused-ring (bicyclic) bond motifs is 1.